The molecular formula is C43H29N3O2. The topological polar surface area (TPSA) is 66.1 Å². The molecule has 6 aromatic rings. The molecule has 3 aliphatic rings. The Bertz CT molecular complexity index is 2470. The molecule has 228 valence electrons. The Morgan fingerprint density at radius 1 is 0.729 bits per heavy atom. The highest BCUT2D eigenvalue weighted by molar-refractivity contribution is 6.39. The summed E-state index contributed by atoms with van der Waals surface area (Å²) in [6.45, 7) is 0. The minimum absolute atomic E-state index is 0.0448. The van der Waals surface area contributed by atoms with Crippen LogP contribution < -0.4 is 4.90 Å². The zero-order valence-corrected chi connectivity index (χ0v) is 26.1. The number of rotatable bonds is 2. The predicted octanol–water partition coefficient (Wildman–Crippen LogP) is 9.23. The first kappa shape index (κ1) is 28.0. The first-order chi connectivity index (χ1) is 23.6. The molecule has 1 unspecified atom stereocenters. The van der Waals surface area contributed by atoms with E-state index >= 15 is 0 Å². The van der Waals surface area contributed by atoms with Gasteiger partial charge in [-0.25, -0.2) is 4.90 Å². The second kappa shape index (κ2) is 10.9. The number of amides is 2. The number of benzene rings is 5. The number of hydrogen-bond donors (Lipinski definition) is 0. The van der Waals surface area contributed by atoms with Gasteiger partial charge >= 0.3 is 0 Å². The summed E-state index contributed by atoms with van der Waals surface area (Å²) in [6, 6.07) is 40.7. The predicted molar refractivity (Wildman–Crippen MR) is 191 cm³/mol. The molecule has 1 atom stereocenters. The third-order valence-electron chi connectivity index (χ3n) is 9.86. The molecule has 1 aliphatic carbocycles. The van der Waals surface area contributed by atoms with Crippen LogP contribution in [0.1, 0.15) is 24.0 Å². The monoisotopic (exact) mass is 619 g/mol. The molecule has 1 fully saturated rings. The molecule has 0 N–H and O–H groups in total. The number of carbonyl (C=O) groups excluding carboxylic acids is 2. The van der Waals surface area contributed by atoms with Gasteiger partial charge in [-0.1, -0.05) is 97.1 Å². The molecule has 0 radical (unpaired) electrons. The quantitative estimate of drug-likeness (QED) is 0.182. The maximum Gasteiger partial charge on any atom is 0.268 e. The van der Waals surface area contributed by atoms with Crippen molar-refractivity contribution >= 4 is 45.0 Å². The summed E-state index contributed by atoms with van der Waals surface area (Å²) in [6.07, 6.45) is 8.65. The molecule has 5 aromatic carbocycles. The lowest BCUT2D eigenvalue weighted by Crippen LogP contribution is -2.29. The summed E-state index contributed by atoms with van der Waals surface area (Å²) in [4.78, 5) is 30.4. The van der Waals surface area contributed by atoms with Crippen molar-refractivity contribution in [2.75, 3.05) is 4.90 Å². The molecular weight excluding hydrogens is 590 g/mol. The van der Waals surface area contributed by atoms with Gasteiger partial charge in [0.2, 0.25) is 0 Å². The van der Waals surface area contributed by atoms with Gasteiger partial charge in [0.25, 0.3) is 11.8 Å². The van der Waals surface area contributed by atoms with Crippen LogP contribution in [-0.2, 0) is 16.0 Å². The van der Waals surface area contributed by atoms with E-state index in [-0.39, 0.29) is 17.7 Å². The minimum Gasteiger partial charge on any atom is -0.308 e. The molecule has 2 aliphatic heterocycles. The van der Waals surface area contributed by atoms with Crippen molar-refractivity contribution in [1.82, 2.24) is 4.57 Å². The Balaban J connectivity index is 1.31. The summed E-state index contributed by atoms with van der Waals surface area (Å²) in [5, 5.41) is 12.1. The molecule has 0 saturated carbocycles. The Morgan fingerprint density at radius 3 is 2.33 bits per heavy atom. The number of aromatic nitrogens is 1. The van der Waals surface area contributed by atoms with Gasteiger partial charge in [-0.05, 0) is 83.8 Å². The summed E-state index contributed by atoms with van der Waals surface area (Å²) in [5.41, 5.74) is 9.74. The van der Waals surface area contributed by atoms with E-state index in [1.54, 1.807) is 0 Å². The van der Waals surface area contributed by atoms with E-state index in [0.717, 1.165) is 68.9 Å². The van der Waals surface area contributed by atoms with Gasteiger partial charge in [0.05, 0.1) is 45.2 Å². The zero-order valence-electron chi connectivity index (χ0n) is 26.1. The van der Waals surface area contributed by atoms with Gasteiger partial charge in [-0.2, -0.15) is 5.26 Å². The van der Waals surface area contributed by atoms with Crippen LogP contribution in [0.4, 0.5) is 5.69 Å². The first-order valence-corrected chi connectivity index (χ1v) is 16.3. The number of anilines is 1. The number of imide groups is 1. The first-order valence-electron chi connectivity index (χ1n) is 16.3. The second-order valence-electron chi connectivity index (χ2n) is 12.7. The lowest BCUT2D eigenvalue weighted by atomic mass is 9.93. The molecule has 2 amide bonds. The Kier molecular flexibility index (Phi) is 6.38. The van der Waals surface area contributed by atoms with Gasteiger partial charge < -0.3 is 4.57 Å². The average Bonchev–Trinajstić information content (AvgIpc) is 3.50. The van der Waals surface area contributed by atoms with E-state index in [1.807, 2.05) is 91.0 Å². The van der Waals surface area contributed by atoms with E-state index < -0.39 is 0 Å². The SMILES string of the molecule is N#Cc1cc2cc(c1)-c1cccc3c4ccccc4n(c13)C1=C3C(=O)N(c4ccc(-c5ccccc5)cc4)C(=O)C3=CC(C=C1)CCC2. The van der Waals surface area contributed by atoms with E-state index in [9.17, 15) is 14.9 Å². The number of hydrogen-bond acceptors (Lipinski definition) is 3. The number of para-hydroxylation sites is 2. The minimum atomic E-state index is -0.330. The fourth-order valence-electron chi connectivity index (χ4n) is 7.65. The highest BCUT2D eigenvalue weighted by atomic mass is 16.2. The number of nitrogens with zero attached hydrogens (tertiary/aromatic N) is 3. The van der Waals surface area contributed by atoms with E-state index in [2.05, 4.69) is 53.1 Å². The van der Waals surface area contributed by atoms with Crippen molar-refractivity contribution in [1.29, 1.82) is 5.26 Å². The molecule has 1 aromatic heterocycles. The molecule has 4 bridgehead atoms. The van der Waals surface area contributed by atoms with Crippen LogP contribution in [0.2, 0.25) is 0 Å². The molecule has 3 heterocycles. The van der Waals surface area contributed by atoms with Crippen molar-refractivity contribution in [2.24, 2.45) is 5.92 Å². The standard InChI is InChI=1S/C43H29N3O2/c44-26-29-22-28-9-6-8-27-16-21-39(46-38-15-5-4-12-35(38)36-14-7-13-34(41(36)46)32(23-28)24-29)40-37(25-27)42(47)45(43(40)48)33-19-17-31(18-20-33)30-10-2-1-3-11-30/h1-5,7,10-25,27H,6,8-9H2. The van der Waals surface area contributed by atoms with E-state index in [1.165, 1.54) is 4.90 Å². The summed E-state index contributed by atoms with van der Waals surface area (Å²) < 4.78 is 2.16. The van der Waals surface area contributed by atoms with Crippen LogP contribution in [0.3, 0.4) is 0 Å². The van der Waals surface area contributed by atoms with Crippen LogP contribution in [0, 0.1) is 17.2 Å². The van der Waals surface area contributed by atoms with Gasteiger partial charge in [-0.3, -0.25) is 9.59 Å². The van der Waals surface area contributed by atoms with Gasteiger partial charge in [0.1, 0.15) is 0 Å². The van der Waals surface area contributed by atoms with E-state index in [0.29, 0.717) is 28.1 Å². The maximum atomic E-state index is 14.7. The number of fused-ring (bicyclic) bond motifs is 10. The number of nitriles is 1. The Morgan fingerprint density at radius 2 is 1.50 bits per heavy atom. The normalized spacial score (nSPS) is 17.1. The molecule has 0 spiro atoms. The summed E-state index contributed by atoms with van der Waals surface area (Å²) >= 11 is 0. The van der Waals surface area contributed by atoms with Gasteiger partial charge in [0, 0.05) is 16.3 Å². The maximum absolute atomic E-state index is 14.7. The lowest BCUT2D eigenvalue weighted by Gasteiger charge is -2.16. The highest BCUT2D eigenvalue weighted by Crippen LogP contribution is 2.44. The van der Waals surface area contributed by atoms with Crippen molar-refractivity contribution in [2.45, 2.75) is 19.3 Å². The summed E-state index contributed by atoms with van der Waals surface area (Å²) in [7, 11) is 0. The van der Waals surface area contributed by atoms with Gasteiger partial charge in [0.15, 0.2) is 0 Å². The molecule has 1 saturated heterocycles. The van der Waals surface area contributed by atoms with Crippen LogP contribution in [0.25, 0.3) is 49.8 Å². The number of aryl methyl sites for hydroxylation is 1. The van der Waals surface area contributed by atoms with Crippen molar-refractivity contribution < 1.29 is 9.59 Å². The zero-order chi connectivity index (χ0) is 32.4. The Hall–Kier alpha value is -6.25. The third kappa shape index (κ3) is 4.30. The number of allylic oxidation sites excluding steroid dienone is 4. The van der Waals surface area contributed by atoms with Gasteiger partial charge in [-0.15, -0.1) is 0 Å². The number of carbonyl (C=O) groups is 2. The van der Waals surface area contributed by atoms with Crippen LogP contribution in [-0.4, -0.2) is 16.4 Å². The fraction of sp³-hybridized carbons (Fsp3) is 0.0930. The van der Waals surface area contributed by atoms with Crippen LogP contribution >= 0.6 is 0 Å². The van der Waals surface area contributed by atoms with Crippen molar-refractivity contribution in [3.8, 4) is 28.3 Å². The van der Waals surface area contributed by atoms with Crippen molar-refractivity contribution in [3.05, 3.63) is 156 Å². The average molecular weight is 620 g/mol. The van der Waals surface area contributed by atoms with Crippen molar-refractivity contribution in [3.63, 3.8) is 0 Å². The molecule has 48 heavy (non-hydrogen) atoms. The second-order valence-corrected chi connectivity index (χ2v) is 12.7. The molecule has 5 nitrogen and oxygen atoms in total. The summed E-state index contributed by atoms with van der Waals surface area (Å²) in [5.74, 6) is -0.675. The third-order valence-corrected chi connectivity index (χ3v) is 9.86. The lowest BCUT2D eigenvalue weighted by molar-refractivity contribution is -0.119. The highest BCUT2D eigenvalue weighted by Gasteiger charge is 2.43. The fourth-order valence-corrected chi connectivity index (χ4v) is 7.65. The van der Waals surface area contributed by atoms with Crippen LogP contribution in [0.15, 0.2) is 145 Å². The largest absolute Gasteiger partial charge is 0.308 e. The smallest absolute Gasteiger partial charge is 0.268 e. The molecule has 5 heteroatoms. The molecule has 9 rings (SSSR count). The Labute approximate surface area is 278 Å². The van der Waals surface area contributed by atoms with Crippen LogP contribution in [0.5, 0.6) is 0 Å². The van der Waals surface area contributed by atoms with E-state index in [4.69, 9.17) is 0 Å².